The largest absolute Gasteiger partial charge is 0.355 e. The van der Waals surface area contributed by atoms with Crippen molar-refractivity contribution in [3.8, 4) is 0 Å². The second-order valence-electron chi connectivity index (χ2n) is 5.15. The quantitative estimate of drug-likeness (QED) is 0.802. The third kappa shape index (κ3) is 5.45. The molecule has 0 fully saturated rings. The molecule has 0 atom stereocenters. The summed E-state index contributed by atoms with van der Waals surface area (Å²) >= 11 is 1.52. The predicted octanol–water partition coefficient (Wildman–Crippen LogP) is 2.76. The monoisotopic (exact) mass is 328 g/mol. The molecule has 0 aromatic heterocycles. The number of thioether (sulfide) groups is 1. The molecule has 2 N–H and O–H groups in total. The van der Waals surface area contributed by atoms with E-state index in [0.717, 1.165) is 10.5 Å². The Morgan fingerprint density at radius 3 is 2.26 bits per heavy atom. The van der Waals surface area contributed by atoms with Crippen LogP contribution in [-0.4, -0.2) is 24.6 Å². The molecule has 0 spiro atoms. The first-order chi connectivity index (χ1) is 11.1. The van der Waals surface area contributed by atoms with Gasteiger partial charge in [-0.2, -0.15) is 0 Å². The molecule has 4 nitrogen and oxygen atoms in total. The average molecular weight is 328 g/mol. The van der Waals surface area contributed by atoms with Crippen LogP contribution in [0.4, 0.5) is 0 Å². The van der Waals surface area contributed by atoms with E-state index >= 15 is 0 Å². The highest BCUT2D eigenvalue weighted by Crippen LogP contribution is 2.17. The minimum Gasteiger partial charge on any atom is -0.355 e. The van der Waals surface area contributed by atoms with Crippen LogP contribution in [0.25, 0.3) is 0 Å². The van der Waals surface area contributed by atoms with E-state index in [-0.39, 0.29) is 11.8 Å². The summed E-state index contributed by atoms with van der Waals surface area (Å²) in [5.74, 6) is 0.264. The maximum Gasteiger partial charge on any atom is 0.251 e. The van der Waals surface area contributed by atoms with Crippen LogP contribution in [0.2, 0.25) is 0 Å². The van der Waals surface area contributed by atoms with Gasteiger partial charge in [-0.15, -0.1) is 11.8 Å². The van der Waals surface area contributed by atoms with Crippen molar-refractivity contribution >= 4 is 23.6 Å². The van der Waals surface area contributed by atoms with Crippen molar-refractivity contribution in [3.05, 3.63) is 65.2 Å². The van der Waals surface area contributed by atoms with Crippen molar-refractivity contribution < 1.29 is 9.59 Å². The van der Waals surface area contributed by atoms with Gasteiger partial charge in [-0.1, -0.05) is 29.8 Å². The summed E-state index contributed by atoms with van der Waals surface area (Å²) in [5, 5.41) is 5.46. The lowest BCUT2D eigenvalue weighted by molar-refractivity contribution is -0.118. The van der Waals surface area contributed by atoms with E-state index in [1.54, 1.807) is 19.2 Å². The molecule has 0 saturated heterocycles. The summed E-state index contributed by atoms with van der Waals surface area (Å²) in [7, 11) is 1.60. The van der Waals surface area contributed by atoms with Crippen molar-refractivity contribution in [2.45, 2.75) is 18.4 Å². The number of carbonyl (C=O) groups excluding carboxylic acids is 2. The Bertz CT molecular complexity index is 666. The van der Waals surface area contributed by atoms with Crippen LogP contribution in [0.15, 0.2) is 53.4 Å². The molecule has 0 heterocycles. The summed E-state index contributed by atoms with van der Waals surface area (Å²) in [5.41, 5.74) is 2.78. The van der Waals surface area contributed by atoms with Crippen LogP contribution < -0.4 is 10.6 Å². The summed E-state index contributed by atoms with van der Waals surface area (Å²) in [4.78, 5) is 24.4. The topological polar surface area (TPSA) is 58.2 Å². The lowest BCUT2D eigenvalue weighted by Crippen LogP contribution is -2.24. The zero-order valence-electron chi connectivity index (χ0n) is 13.3. The van der Waals surface area contributed by atoms with Crippen molar-refractivity contribution in [1.82, 2.24) is 10.6 Å². The van der Waals surface area contributed by atoms with Crippen LogP contribution in [-0.2, 0) is 11.3 Å². The number of carbonyl (C=O) groups is 2. The highest BCUT2D eigenvalue weighted by Gasteiger charge is 2.05. The minimum atomic E-state index is -0.116. The molecular formula is C18H20N2O2S. The number of aryl methyl sites for hydroxylation is 1. The Morgan fingerprint density at radius 2 is 1.65 bits per heavy atom. The molecule has 2 aromatic carbocycles. The van der Waals surface area contributed by atoms with Gasteiger partial charge >= 0.3 is 0 Å². The fraction of sp³-hybridized carbons (Fsp3) is 0.222. The second kappa shape index (κ2) is 8.39. The predicted molar refractivity (Wildman–Crippen MR) is 93.6 cm³/mol. The number of hydrogen-bond donors (Lipinski definition) is 2. The van der Waals surface area contributed by atoms with Gasteiger partial charge < -0.3 is 10.6 Å². The molecule has 23 heavy (non-hydrogen) atoms. The Hall–Kier alpha value is -2.27. The maximum atomic E-state index is 11.9. The minimum absolute atomic E-state index is 0.00838. The molecule has 2 rings (SSSR count). The number of nitrogens with one attached hydrogen (secondary N) is 2. The first-order valence-corrected chi connectivity index (χ1v) is 8.34. The van der Waals surface area contributed by atoms with E-state index in [0.29, 0.717) is 17.9 Å². The van der Waals surface area contributed by atoms with Crippen molar-refractivity contribution in [2.24, 2.45) is 0 Å². The van der Waals surface area contributed by atoms with Gasteiger partial charge in [0, 0.05) is 24.1 Å². The Kier molecular flexibility index (Phi) is 6.23. The summed E-state index contributed by atoms with van der Waals surface area (Å²) in [6, 6.07) is 15.3. The SMILES string of the molecule is CNC(=O)c1ccc(CNC(=O)CSc2ccc(C)cc2)cc1. The van der Waals surface area contributed by atoms with E-state index in [4.69, 9.17) is 0 Å². The van der Waals surface area contributed by atoms with Crippen LogP contribution in [0.3, 0.4) is 0 Å². The molecule has 2 amide bonds. The Morgan fingerprint density at radius 1 is 1.00 bits per heavy atom. The van der Waals surface area contributed by atoms with Crippen molar-refractivity contribution in [2.75, 3.05) is 12.8 Å². The van der Waals surface area contributed by atoms with E-state index < -0.39 is 0 Å². The van der Waals surface area contributed by atoms with Crippen molar-refractivity contribution in [3.63, 3.8) is 0 Å². The van der Waals surface area contributed by atoms with Gasteiger partial charge in [0.25, 0.3) is 5.91 Å². The molecule has 5 heteroatoms. The molecule has 0 unspecified atom stereocenters. The van der Waals surface area contributed by atoms with Gasteiger partial charge in [0.15, 0.2) is 0 Å². The van der Waals surface area contributed by atoms with Crippen LogP contribution >= 0.6 is 11.8 Å². The van der Waals surface area contributed by atoms with Gasteiger partial charge in [-0.3, -0.25) is 9.59 Å². The molecule has 0 bridgehead atoms. The number of amides is 2. The van der Waals surface area contributed by atoms with Gasteiger partial charge in [0.05, 0.1) is 5.75 Å². The maximum absolute atomic E-state index is 11.9. The van der Waals surface area contributed by atoms with E-state index in [1.807, 2.05) is 43.3 Å². The summed E-state index contributed by atoms with van der Waals surface area (Å²) in [6.07, 6.45) is 0. The average Bonchev–Trinajstić information content (AvgIpc) is 2.59. The van der Waals surface area contributed by atoms with Crippen molar-refractivity contribution in [1.29, 1.82) is 0 Å². The smallest absolute Gasteiger partial charge is 0.251 e. The molecule has 0 aliphatic rings. The zero-order valence-corrected chi connectivity index (χ0v) is 14.1. The fourth-order valence-electron chi connectivity index (χ4n) is 1.95. The fourth-order valence-corrected chi connectivity index (χ4v) is 2.68. The lowest BCUT2D eigenvalue weighted by Gasteiger charge is -2.06. The van der Waals surface area contributed by atoms with Gasteiger partial charge in [-0.05, 0) is 36.8 Å². The first kappa shape index (κ1) is 17.1. The highest BCUT2D eigenvalue weighted by atomic mass is 32.2. The van der Waals surface area contributed by atoms with Gasteiger partial charge in [0.1, 0.15) is 0 Å². The van der Waals surface area contributed by atoms with Crippen LogP contribution in [0.1, 0.15) is 21.5 Å². The summed E-state index contributed by atoms with van der Waals surface area (Å²) in [6.45, 7) is 2.50. The van der Waals surface area contributed by atoms with E-state index in [1.165, 1.54) is 17.3 Å². The molecule has 0 saturated carbocycles. The number of rotatable bonds is 6. The standard InChI is InChI=1S/C18H20N2O2S/c1-13-3-9-16(10-4-13)23-12-17(21)20-11-14-5-7-15(8-6-14)18(22)19-2/h3-10H,11-12H2,1-2H3,(H,19,22)(H,20,21). The van der Waals surface area contributed by atoms with Gasteiger partial charge in [0.2, 0.25) is 5.91 Å². The Labute approximate surface area is 140 Å². The number of benzene rings is 2. The molecule has 120 valence electrons. The molecule has 0 radical (unpaired) electrons. The van der Waals surface area contributed by atoms with E-state index in [2.05, 4.69) is 10.6 Å². The molecule has 0 aliphatic carbocycles. The Balaban J connectivity index is 1.77. The first-order valence-electron chi connectivity index (χ1n) is 7.35. The van der Waals surface area contributed by atoms with E-state index in [9.17, 15) is 9.59 Å². The second-order valence-corrected chi connectivity index (χ2v) is 6.20. The molecule has 0 aliphatic heterocycles. The summed E-state index contributed by atoms with van der Waals surface area (Å²) < 4.78 is 0. The van der Waals surface area contributed by atoms with Gasteiger partial charge in [-0.25, -0.2) is 0 Å². The number of hydrogen-bond acceptors (Lipinski definition) is 3. The zero-order chi connectivity index (χ0) is 16.7. The molecule has 2 aromatic rings. The van der Waals surface area contributed by atoms with Crippen LogP contribution in [0, 0.1) is 6.92 Å². The lowest BCUT2D eigenvalue weighted by atomic mass is 10.1. The normalized spacial score (nSPS) is 10.2. The third-order valence-electron chi connectivity index (χ3n) is 3.32. The highest BCUT2D eigenvalue weighted by molar-refractivity contribution is 8.00. The molecular weight excluding hydrogens is 308 g/mol. The van der Waals surface area contributed by atoms with Crippen LogP contribution in [0.5, 0.6) is 0 Å². The third-order valence-corrected chi connectivity index (χ3v) is 4.34.